The fraction of sp³-hybridized carbons (Fsp3) is 0.217. The van der Waals surface area contributed by atoms with Gasteiger partial charge in [0.05, 0.1) is 12.6 Å². The van der Waals surface area contributed by atoms with Crippen LogP contribution in [0.15, 0.2) is 65.7 Å². The summed E-state index contributed by atoms with van der Waals surface area (Å²) in [5.41, 5.74) is 4.06. The molecule has 3 N–H and O–H groups in total. The van der Waals surface area contributed by atoms with Crippen LogP contribution in [-0.2, 0) is 17.8 Å². The third kappa shape index (κ3) is 4.98. The van der Waals surface area contributed by atoms with Crippen molar-refractivity contribution in [1.82, 2.24) is 14.9 Å². The molecule has 31 heavy (non-hydrogen) atoms. The SMILES string of the molecule is C[C@@H](NC(=O)Nc1cccc(Cn2cccnc2=O)c1)c1ccc2c(c1)CCC(=O)N2. The summed E-state index contributed by atoms with van der Waals surface area (Å²) in [4.78, 5) is 39.6. The van der Waals surface area contributed by atoms with Crippen molar-refractivity contribution in [3.8, 4) is 0 Å². The van der Waals surface area contributed by atoms with Gasteiger partial charge in [0.25, 0.3) is 0 Å². The van der Waals surface area contributed by atoms with Crippen LogP contribution in [0.2, 0.25) is 0 Å². The van der Waals surface area contributed by atoms with Gasteiger partial charge in [-0.15, -0.1) is 0 Å². The number of nitrogens with zero attached hydrogens (tertiary/aromatic N) is 2. The number of hydrogen-bond acceptors (Lipinski definition) is 4. The molecule has 158 valence electrons. The Labute approximate surface area is 179 Å². The quantitative estimate of drug-likeness (QED) is 0.593. The summed E-state index contributed by atoms with van der Waals surface area (Å²) in [7, 11) is 0. The van der Waals surface area contributed by atoms with E-state index in [9.17, 15) is 14.4 Å². The van der Waals surface area contributed by atoms with Gasteiger partial charge in [-0.25, -0.2) is 14.6 Å². The van der Waals surface area contributed by atoms with Crippen LogP contribution < -0.4 is 21.6 Å². The van der Waals surface area contributed by atoms with Crippen molar-refractivity contribution in [2.75, 3.05) is 10.6 Å². The van der Waals surface area contributed by atoms with Gasteiger partial charge in [-0.3, -0.25) is 9.36 Å². The Balaban J connectivity index is 1.39. The molecule has 8 heteroatoms. The zero-order chi connectivity index (χ0) is 21.8. The van der Waals surface area contributed by atoms with Crippen LogP contribution in [0.3, 0.4) is 0 Å². The molecule has 0 unspecified atom stereocenters. The summed E-state index contributed by atoms with van der Waals surface area (Å²) < 4.78 is 1.50. The van der Waals surface area contributed by atoms with Gasteiger partial charge in [0, 0.05) is 30.2 Å². The van der Waals surface area contributed by atoms with Crippen molar-refractivity contribution < 1.29 is 9.59 Å². The molecule has 1 aliphatic rings. The first kappa shape index (κ1) is 20.3. The number of fused-ring (bicyclic) bond motifs is 1. The topological polar surface area (TPSA) is 105 Å². The van der Waals surface area contributed by atoms with Gasteiger partial charge in [0.1, 0.15) is 0 Å². The Hall–Kier alpha value is -3.94. The minimum absolute atomic E-state index is 0.0291. The molecule has 4 rings (SSSR count). The van der Waals surface area contributed by atoms with E-state index in [-0.39, 0.29) is 23.7 Å². The maximum absolute atomic E-state index is 12.5. The lowest BCUT2D eigenvalue weighted by atomic mass is 9.98. The second-order valence-corrected chi connectivity index (χ2v) is 7.52. The molecule has 3 amide bonds. The molecule has 1 aromatic heterocycles. The van der Waals surface area contributed by atoms with E-state index >= 15 is 0 Å². The van der Waals surface area contributed by atoms with Gasteiger partial charge >= 0.3 is 11.7 Å². The zero-order valence-electron chi connectivity index (χ0n) is 17.1. The van der Waals surface area contributed by atoms with Crippen LogP contribution >= 0.6 is 0 Å². The van der Waals surface area contributed by atoms with Crippen LogP contribution in [0.1, 0.15) is 36.1 Å². The minimum Gasteiger partial charge on any atom is -0.331 e. The predicted molar refractivity (Wildman–Crippen MR) is 118 cm³/mol. The molecule has 2 heterocycles. The molecule has 2 aromatic carbocycles. The van der Waals surface area contributed by atoms with Gasteiger partial charge in [0.15, 0.2) is 0 Å². The van der Waals surface area contributed by atoms with Crippen LogP contribution in [-0.4, -0.2) is 21.5 Å². The van der Waals surface area contributed by atoms with Gasteiger partial charge < -0.3 is 16.0 Å². The predicted octanol–water partition coefficient (Wildman–Crippen LogP) is 3.06. The Morgan fingerprint density at radius 2 is 2.03 bits per heavy atom. The van der Waals surface area contributed by atoms with Gasteiger partial charge in [-0.05, 0) is 54.3 Å². The molecule has 1 atom stereocenters. The van der Waals surface area contributed by atoms with Crippen molar-refractivity contribution in [3.05, 3.63) is 88.1 Å². The molecule has 0 fully saturated rings. The Kier molecular flexibility index (Phi) is 5.79. The van der Waals surface area contributed by atoms with Crippen LogP contribution in [0.25, 0.3) is 0 Å². The third-order valence-electron chi connectivity index (χ3n) is 5.19. The Morgan fingerprint density at radius 1 is 1.16 bits per heavy atom. The van der Waals surface area contributed by atoms with E-state index in [4.69, 9.17) is 0 Å². The maximum atomic E-state index is 12.5. The summed E-state index contributed by atoms with van der Waals surface area (Å²) in [6.45, 7) is 2.28. The van der Waals surface area contributed by atoms with Crippen molar-refractivity contribution in [3.63, 3.8) is 0 Å². The number of hydrogen-bond donors (Lipinski definition) is 3. The number of carbonyl (C=O) groups excluding carboxylic acids is 2. The third-order valence-corrected chi connectivity index (χ3v) is 5.19. The molecular formula is C23H23N5O3. The molecule has 8 nitrogen and oxygen atoms in total. The molecule has 0 radical (unpaired) electrons. The number of aryl methyl sites for hydroxylation is 1. The van der Waals surface area contributed by atoms with Crippen molar-refractivity contribution in [1.29, 1.82) is 0 Å². The molecular weight excluding hydrogens is 394 g/mol. The van der Waals surface area contributed by atoms with E-state index < -0.39 is 0 Å². The van der Waals surface area contributed by atoms with Crippen molar-refractivity contribution >= 4 is 23.3 Å². The summed E-state index contributed by atoms with van der Waals surface area (Å²) >= 11 is 0. The van der Waals surface area contributed by atoms with Crippen LogP contribution in [0, 0.1) is 0 Å². The standard InChI is InChI=1S/C23H23N5O3/c1-15(17-6-8-20-18(13-17)7-9-21(29)27-20)25-22(30)26-19-5-2-4-16(12-19)14-28-11-3-10-24-23(28)31/h2-6,8,10-13,15H,7,9,14H2,1H3,(H,27,29)(H2,25,26,30)/t15-/m1/s1. The second-order valence-electron chi connectivity index (χ2n) is 7.52. The van der Waals surface area contributed by atoms with E-state index in [0.717, 1.165) is 22.4 Å². The normalized spacial score (nSPS) is 13.6. The molecule has 0 spiro atoms. The lowest BCUT2D eigenvalue weighted by Crippen LogP contribution is -2.31. The highest BCUT2D eigenvalue weighted by atomic mass is 16.2. The average Bonchev–Trinajstić information content (AvgIpc) is 2.75. The van der Waals surface area contributed by atoms with E-state index in [1.165, 1.54) is 10.8 Å². The lowest BCUT2D eigenvalue weighted by Gasteiger charge is -2.20. The summed E-state index contributed by atoms with van der Waals surface area (Å²) in [5, 5.41) is 8.64. The minimum atomic E-state index is -0.325. The first-order valence-corrected chi connectivity index (χ1v) is 10.1. The Bertz CT molecular complexity index is 1190. The van der Waals surface area contributed by atoms with Gasteiger partial charge in [0.2, 0.25) is 5.91 Å². The number of amides is 3. The molecule has 0 aliphatic carbocycles. The summed E-state index contributed by atoms with van der Waals surface area (Å²) in [5.74, 6) is 0.0291. The molecule has 1 aliphatic heterocycles. The smallest absolute Gasteiger partial charge is 0.331 e. The van der Waals surface area contributed by atoms with E-state index in [2.05, 4.69) is 20.9 Å². The van der Waals surface area contributed by atoms with Crippen LogP contribution in [0.4, 0.5) is 16.2 Å². The number of nitrogens with one attached hydrogen (secondary N) is 3. The highest BCUT2D eigenvalue weighted by molar-refractivity contribution is 5.94. The van der Waals surface area contributed by atoms with E-state index in [0.29, 0.717) is 25.1 Å². The highest BCUT2D eigenvalue weighted by Crippen LogP contribution is 2.26. The fourth-order valence-corrected chi connectivity index (χ4v) is 3.57. The highest BCUT2D eigenvalue weighted by Gasteiger charge is 2.17. The van der Waals surface area contributed by atoms with Crippen LogP contribution in [0.5, 0.6) is 0 Å². The molecule has 3 aromatic rings. The van der Waals surface area contributed by atoms with Gasteiger partial charge in [-0.2, -0.15) is 0 Å². The fourth-order valence-electron chi connectivity index (χ4n) is 3.57. The second kappa shape index (κ2) is 8.83. The maximum Gasteiger partial charge on any atom is 0.347 e. The number of aromatic nitrogens is 2. The monoisotopic (exact) mass is 417 g/mol. The number of carbonyl (C=O) groups is 2. The summed E-state index contributed by atoms with van der Waals surface area (Å²) in [6.07, 6.45) is 4.30. The van der Waals surface area contributed by atoms with Gasteiger partial charge in [-0.1, -0.05) is 24.3 Å². The number of anilines is 2. The first-order valence-electron chi connectivity index (χ1n) is 10.1. The average molecular weight is 417 g/mol. The number of benzene rings is 2. The number of rotatable bonds is 5. The Morgan fingerprint density at radius 3 is 2.87 bits per heavy atom. The zero-order valence-corrected chi connectivity index (χ0v) is 17.1. The summed E-state index contributed by atoms with van der Waals surface area (Å²) in [6, 6.07) is 14.3. The lowest BCUT2D eigenvalue weighted by molar-refractivity contribution is -0.116. The molecule has 0 saturated heterocycles. The molecule has 0 bridgehead atoms. The molecule has 0 saturated carbocycles. The first-order chi connectivity index (χ1) is 15.0. The largest absolute Gasteiger partial charge is 0.347 e. The van der Waals surface area contributed by atoms with Crippen molar-refractivity contribution in [2.24, 2.45) is 0 Å². The van der Waals surface area contributed by atoms with Crippen molar-refractivity contribution in [2.45, 2.75) is 32.4 Å². The van der Waals surface area contributed by atoms with E-state index in [1.54, 1.807) is 18.3 Å². The van der Waals surface area contributed by atoms with E-state index in [1.807, 2.05) is 43.3 Å². The number of urea groups is 1.